The Morgan fingerprint density at radius 2 is 2.06 bits per heavy atom. The van der Waals surface area contributed by atoms with Gasteiger partial charge < -0.3 is 18.6 Å². The number of methoxy groups -OCH3 is 1. The van der Waals surface area contributed by atoms with Gasteiger partial charge in [-0.3, -0.25) is 19.2 Å². The molecule has 7 atom stereocenters. The van der Waals surface area contributed by atoms with Gasteiger partial charge in [-0.1, -0.05) is 13.8 Å². The second-order valence-electron chi connectivity index (χ2n) is 9.79. The lowest BCUT2D eigenvalue weighted by Crippen LogP contribution is -2.64. The molecule has 10 heteroatoms. The predicted molar refractivity (Wildman–Crippen MR) is 118 cm³/mol. The van der Waals surface area contributed by atoms with E-state index >= 15 is 0 Å². The molecule has 3 fully saturated rings. The Kier molecular flexibility index (Phi) is 6.51. The van der Waals surface area contributed by atoms with Gasteiger partial charge in [0.25, 0.3) is 0 Å². The average molecular weight is 490 g/mol. The molecular formula is C24H27NO8S. The number of nitriles is 1. The Bertz CT molecular complexity index is 1030. The maximum Gasteiger partial charge on any atom is 0.317 e. The Morgan fingerprint density at radius 3 is 2.71 bits per heavy atom. The first-order valence-corrected chi connectivity index (χ1v) is 12.2. The van der Waals surface area contributed by atoms with Crippen molar-refractivity contribution in [3.05, 3.63) is 24.2 Å². The average Bonchev–Trinajstić information content (AvgIpc) is 3.33. The zero-order valence-electron chi connectivity index (χ0n) is 19.3. The summed E-state index contributed by atoms with van der Waals surface area (Å²) >= 11 is 0.714. The normalized spacial score (nSPS) is 36.9. The molecule has 0 N–H and O–H groups in total. The van der Waals surface area contributed by atoms with E-state index in [0.29, 0.717) is 36.6 Å². The molecular weight excluding hydrogens is 462 g/mol. The summed E-state index contributed by atoms with van der Waals surface area (Å²) < 4.78 is 21.5. The number of furan rings is 1. The number of carbonyl (C=O) groups is 4. The molecule has 2 heterocycles. The molecule has 1 aromatic rings. The number of cyclic esters (lactones) is 1. The van der Waals surface area contributed by atoms with Crippen molar-refractivity contribution in [1.82, 2.24) is 0 Å². The molecule has 2 aliphatic carbocycles. The molecule has 1 aromatic heterocycles. The molecule has 182 valence electrons. The van der Waals surface area contributed by atoms with E-state index in [4.69, 9.17) is 23.9 Å². The SMILES string of the molecule is COC(=O)[C@@H]1C[C@H](OC(=O)CSC#N)C(=O)[C@H]2[C@@]1(C)CC[C@H]1C(=O)O[C@H](c3ccoc3)C[C@]21C. The van der Waals surface area contributed by atoms with Gasteiger partial charge in [-0.25, -0.2) is 0 Å². The third-order valence-electron chi connectivity index (χ3n) is 8.03. The van der Waals surface area contributed by atoms with Crippen molar-refractivity contribution in [3.8, 4) is 5.40 Å². The zero-order chi connectivity index (χ0) is 24.7. The summed E-state index contributed by atoms with van der Waals surface area (Å²) in [6, 6.07) is 1.72. The molecule has 0 radical (unpaired) electrons. The van der Waals surface area contributed by atoms with Crippen LogP contribution in [0.15, 0.2) is 23.0 Å². The van der Waals surface area contributed by atoms with Gasteiger partial charge in [0.15, 0.2) is 11.9 Å². The molecule has 0 spiro atoms. The highest BCUT2D eigenvalue weighted by molar-refractivity contribution is 8.04. The largest absolute Gasteiger partial charge is 0.472 e. The number of rotatable bonds is 5. The zero-order valence-corrected chi connectivity index (χ0v) is 20.1. The number of nitrogens with zero attached hydrogens (tertiary/aromatic N) is 1. The van der Waals surface area contributed by atoms with Crippen LogP contribution in [0.25, 0.3) is 0 Å². The van der Waals surface area contributed by atoms with E-state index in [1.165, 1.54) is 19.6 Å². The van der Waals surface area contributed by atoms with Crippen molar-refractivity contribution in [1.29, 1.82) is 5.26 Å². The molecule has 0 aromatic carbocycles. The lowest BCUT2D eigenvalue weighted by molar-refractivity contribution is -0.210. The number of thiocyanates is 1. The summed E-state index contributed by atoms with van der Waals surface area (Å²) in [5, 5.41) is 10.5. The smallest absolute Gasteiger partial charge is 0.317 e. The van der Waals surface area contributed by atoms with Crippen molar-refractivity contribution >= 4 is 35.5 Å². The maximum absolute atomic E-state index is 13.9. The van der Waals surface area contributed by atoms with Gasteiger partial charge in [0.2, 0.25) is 0 Å². The molecule has 3 aliphatic rings. The summed E-state index contributed by atoms with van der Waals surface area (Å²) in [5.41, 5.74) is -0.914. The Hall–Kier alpha value is -2.80. The van der Waals surface area contributed by atoms with Crippen LogP contribution in [0.3, 0.4) is 0 Å². The second kappa shape index (κ2) is 9.10. The minimum atomic E-state index is -1.16. The number of hydrogen-bond acceptors (Lipinski definition) is 10. The fourth-order valence-electron chi connectivity index (χ4n) is 6.55. The van der Waals surface area contributed by atoms with Crippen molar-refractivity contribution in [3.63, 3.8) is 0 Å². The fourth-order valence-corrected chi connectivity index (χ4v) is 6.80. The summed E-state index contributed by atoms with van der Waals surface area (Å²) in [6.07, 6.45) is 2.58. The van der Waals surface area contributed by atoms with Gasteiger partial charge in [0.1, 0.15) is 17.3 Å². The van der Waals surface area contributed by atoms with Gasteiger partial charge in [-0.15, -0.1) is 0 Å². The minimum Gasteiger partial charge on any atom is -0.472 e. The van der Waals surface area contributed by atoms with Crippen LogP contribution in [0.5, 0.6) is 0 Å². The lowest BCUT2D eigenvalue weighted by Gasteiger charge is -2.61. The van der Waals surface area contributed by atoms with Gasteiger partial charge in [0.05, 0.1) is 31.5 Å². The van der Waals surface area contributed by atoms with Crippen LogP contribution in [0.4, 0.5) is 0 Å². The number of esters is 3. The molecule has 0 unspecified atom stereocenters. The van der Waals surface area contributed by atoms with Crippen molar-refractivity contribution < 1.29 is 37.8 Å². The maximum atomic E-state index is 13.9. The quantitative estimate of drug-likeness (QED) is 0.345. The van der Waals surface area contributed by atoms with E-state index in [-0.39, 0.29) is 23.9 Å². The van der Waals surface area contributed by atoms with E-state index in [1.54, 1.807) is 11.5 Å². The van der Waals surface area contributed by atoms with Gasteiger partial charge >= 0.3 is 17.9 Å². The number of hydrogen-bond donors (Lipinski definition) is 0. The molecule has 1 saturated heterocycles. The Labute approximate surface area is 201 Å². The fraction of sp³-hybridized carbons (Fsp3) is 0.625. The highest BCUT2D eigenvalue weighted by Gasteiger charge is 2.67. The van der Waals surface area contributed by atoms with Gasteiger partial charge in [-0.05, 0) is 47.9 Å². The van der Waals surface area contributed by atoms with Crippen molar-refractivity contribution in [2.75, 3.05) is 12.9 Å². The first-order chi connectivity index (χ1) is 16.2. The number of thioether (sulfide) groups is 1. The van der Waals surface area contributed by atoms with Gasteiger partial charge in [-0.2, -0.15) is 5.26 Å². The standard InChI is InChI=1S/C24H27NO8S/c1-23-6-4-14-22(29)33-17(13-5-7-31-10-13)9-24(14,2)20(23)19(27)16(8-15(23)21(28)30-3)32-18(26)11-34-12-25/h5,7,10,14-17,20H,4,6,8-9,11H2,1-3H3/t14-,15-,16-,17-,20-,23-,24-/m0/s1. The first-order valence-electron chi connectivity index (χ1n) is 11.2. The van der Waals surface area contributed by atoms with Crippen LogP contribution in [0.1, 0.15) is 51.2 Å². The molecule has 0 amide bonds. The van der Waals surface area contributed by atoms with Crippen molar-refractivity contribution in [2.45, 2.75) is 51.7 Å². The van der Waals surface area contributed by atoms with Crippen LogP contribution < -0.4 is 0 Å². The van der Waals surface area contributed by atoms with E-state index in [1.807, 2.05) is 13.8 Å². The molecule has 34 heavy (non-hydrogen) atoms. The number of fused-ring (bicyclic) bond motifs is 3. The topological polar surface area (TPSA) is 133 Å². The summed E-state index contributed by atoms with van der Waals surface area (Å²) in [4.78, 5) is 52.2. The highest BCUT2D eigenvalue weighted by Crippen LogP contribution is 2.65. The van der Waals surface area contributed by atoms with E-state index in [9.17, 15) is 19.2 Å². The number of ketones is 1. The van der Waals surface area contributed by atoms with Crippen LogP contribution in [-0.2, 0) is 33.4 Å². The summed E-state index contributed by atoms with van der Waals surface area (Å²) in [5.74, 6) is -4.03. The van der Waals surface area contributed by atoms with E-state index < -0.39 is 52.7 Å². The van der Waals surface area contributed by atoms with Crippen LogP contribution >= 0.6 is 11.8 Å². The third-order valence-corrected chi connectivity index (χ3v) is 8.54. The molecule has 2 saturated carbocycles. The second-order valence-corrected chi connectivity index (χ2v) is 10.6. The monoisotopic (exact) mass is 489 g/mol. The third kappa shape index (κ3) is 3.90. The molecule has 9 nitrogen and oxygen atoms in total. The van der Waals surface area contributed by atoms with Crippen molar-refractivity contribution in [2.24, 2.45) is 28.6 Å². The number of ether oxygens (including phenoxy) is 3. The number of Topliss-reactive ketones (excluding diaryl/α,β-unsaturated/α-hetero) is 1. The Morgan fingerprint density at radius 1 is 1.29 bits per heavy atom. The minimum absolute atomic E-state index is 0.0117. The Balaban J connectivity index is 1.74. The summed E-state index contributed by atoms with van der Waals surface area (Å²) in [7, 11) is 1.29. The predicted octanol–water partition coefficient (Wildman–Crippen LogP) is 3.19. The molecule has 0 bridgehead atoms. The molecule has 1 aliphatic heterocycles. The van der Waals surface area contributed by atoms with E-state index in [2.05, 4.69) is 0 Å². The van der Waals surface area contributed by atoms with Crippen LogP contribution in [0, 0.1) is 39.2 Å². The van der Waals surface area contributed by atoms with Crippen LogP contribution in [0.2, 0.25) is 0 Å². The van der Waals surface area contributed by atoms with E-state index in [0.717, 1.165) is 0 Å². The highest BCUT2D eigenvalue weighted by atomic mass is 32.2. The summed E-state index contributed by atoms with van der Waals surface area (Å²) in [6.45, 7) is 3.80. The first kappa shape index (κ1) is 24.3. The van der Waals surface area contributed by atoms with Gasteiger partial charge in [0, 0.05) is 17.9 Å². The molecule has 4 rings (SSSR count). The lowest BCUT2D eigenvalue weighted by atomic mass is 9.43. The van der Waals surface area contributed by atoms with Crippen LogP contribution in [-0.4, -0.2) is 42.7 Å². The number of carbonyl (C=O) groups excluding carboxylic acids is 4.